The van der Waals surface area contributed by atoms with Crippen molar-refractivity contribution in [2.45, 2.75) is 19.0 Å². The zero-order valence-corrected chi connectivity index (χ0v) is 15.8. The number of nitro benzene ring substituents is 1. The highest BCUT2D eigenvalue weighted by molar-refractivity contribution is 5.97. The summed E-state index contributed by atoms with van der Waals surface area (Å²) in [6.45, 7) is 0.244. The molecule has 2 aliphatic rings. The van der Waals surface area contributed by atoms with Crippen LogP contribution in [0.15, 0.2) is 53.6 Å². The first-order chi connectivity index (χ1) is 14.5. The maximum Gasteiger partial charge on any atom is 0.269 e. The molecule has 1 atom stereocenters. The highest BCUT2D eigenvalue weighted by Crippen LogP contribution is 2.32. The van der Waals surface area contributed by atoms with Gasteiger partial charge in [-0.05, 0) is 29.3 Å². The third kappa shape index (κ3) is 2.91. The number of rotatable bonds is 3. The Labute approximate surface area is 170 Å². The van der Waals surface area contributed by atoms with Gasteiger partial charge in [0.2, 0.25) is 5.91 Å². The lowest BCUT2D eigenvalue weighted by Crippen LogP contribution is -2.60. The van der Waals surface area contributed by atoms with E-state index in [9.17, 15) is 19.7 Å². The number of nitrogens with zero attached hydrogens (tertiary/aromatic N) is 4. The van der Waals surface area contributed by atoms with E-state index in [1.165, 1.54) is 23.4 Å². The number of benzene rings is 2. The fourth-order valence-corrected chi connectivity index (χ4v) is 4.08. The van der Waals surface area contributed by atoms with Crippen LogP contribution in [0.3, 0.4) is 0 Å². The molecule has 0 bridgehead atoms. The number of hydrogen-bond donors (Lipinski definition) is 1. The maximum absolute atomic E-state index is 13.1. The quantitative estimate of drug-likeness (QED) is 0.410. The molecule has 0 spiro atoms. The Morgan fingerprint density at radius 1 is 1.10 bits per heavy atom. The number of hydrogen-bond acceptors (Lipinski definition) is 5. The molecule has 1 saturated heterocycles. The standard InChI is InChI=1S/C21H17N5O4/c27-20-12-25(22-10-13-5-7-14(8-6-13)26(29)30)21(28)19-9-16-15-3-1-2-4-17(15)23-18(16)11-24(19)20/h1-8,10,19,23H,9,11-12H2/b22-10-/t19-/m1/s1. The minimum atomic E-state index is -0.591. The molecule has 9 heteroatoms. The summed E-state index contributed by atoms with van der Waals surface area (Å²) >= 11 is 0. The monoisotopic (exact) mass is 403 g/mol. The zero-order valence-electron chi connectivity index (χ0n) is 15.8. The Morgan fingerprint density at radius 2 is 1.87 bits per heavy atom. The molecule has 3 aromatic rings. The minimum Gasteiger partial charge on any atom is -0.357 e. The summed E-state index contributed by atoms with van der Waals surface area (Å²) in [7, 11) is 0. The van der Waals surface area contributed by atoms with Gasteiger partial charge in [0, 0.05) is 35.2 Å². The van der Waals surface area contributed by atoms with Gasteiger partial charge in [-0.15, -0.1) is 0 Å². The Kier molecular flexibility index (Phi) is 4.09. The van der Waals surface area contributed by atoms with Crippen LogP contribution >= 0.6 is 0 Å². The average Bonchev–Trinajstić information content (AvgIpc) is 3.12. The van der Waals surface area contributed by atoms with Crippen LogP contribution in [0.4, 0.5) is 5.69 Å². The van der Waals surface area contributed by atoms with E-state index in [2.05, 4.69) is 10.1 Å². The second-order valence-electron chi connectivity index (χ2n) is 7.36. The van der Waals surface area contributed by atoms with Crippen molar-refractivity contribution in [1.82, 2.24) is 14.9 Å². The lowest BCUT2D eigenvalue weighted by Gasteiger charge is -2.40. The first kappa shape index (κ1) is 18.0. The first-order valence-electron chi connectivity index (χ1n) is 9.49. The largest absolute Gasteiger partial charge is 0.357 e. The van der Waals surface area contributed by atoms with Crippen LogP contribution in [0.2, 0.25) is 0 Å². The molecule has 9 nitrogen and oxygen atoms in total. The fraction of sp³-hybridized carbons (Fsp3) is 0.190. The van der Waals surface area contributed by atoms with E-state index in [-0.39, 0.29) is 24.0 Å². The van der Waals surface area contributed by atoms with E-state index in [4.69, 9.17) is 0 Å². The van der Waals surface area contributed by atoms with Crippen LogP contribution in [0.1, 0.15) is 16.8 Å². The molecule has 1 fully saturated rings. The molecule has 150 valence electrons. The first-order valence-corrected chi connectivity index (χ1v) is 9.49. The van der Waals surface area contributed by atoms with Gasteiger partial charge in [0.1, 0.15) is 12.6 Å². The number of H-pyrrole nitrogens is 1. The number of non-ortho nitro benzene ring substituents is 1. The zero-order chi connectivity index (χ0) is 20.8. The van der Waals surface area contributed by atoms with E-state index in [0.29, 0.717) is 18.5 Å². The molecule has 0 unspecified atom stereocenters. The second kappa shape index (κ2) is 6.80. The van der Waals surface area contributed by atoms with Crippen LogP contribution in [-0.2, 0) is 22.6 Å². The van der Waals surface area contributed by atoms with Crippen LogP contribution in [0.25, 0.3) is 10.9 Å². The van der Waals surface area contributed by atoms with Crippen molar-refractivity contribution >= 4 is 34.6 Å². The summed E-state index contributed by atoms with van der Waals surface area (Å²) < 4.78 is 0. The van der Waals surface area contributed by atoms with Gasteiger partial charge < -0.3 is 9.88 Å². The van der Waals surface area contributed by atoms with Crippen molar-refractivity contribution in [2.75, 3.05) is 6.54 Å². The third-order valence-corrected chi connectivity index (χ3v) is 5.60. The number of aromatic nitrogens is 1. The molecule has 30 heavy (non-hydrogen) atoms. The lowest BCUT2D eigenvalue weighted by atomic mass is 9.94. The molecule has 1 aromatic heterocycles. The Hall–Kier alpha value is -4.01. The van der Waals surface area contributed by atoms with E-state index in [1.54, 1.807) is 17.0 Å². The van der Waals surface area contributed by atoms with Crippen molar-refractivity contribution in [1.29, 1.82) is 0 Å². The fourth-order valence-electron chi connectivity index (χ4n) is 4.08. The summed E-state index contributed by atoms with van der Waals surface area (Å²) in [6, 6.07) is 13.1. The second-order valence-corrected chi connectivity index (χ2v) is 7.36. The van der Waals surface area contributed by atoms with Crippen molar-refractivity contribution in [2.24, 2.45) is 5.10 Å². The van der Waals surface area contributed by atoms with E-state index in [1.807, 2.05) is 24.3 Å². The number of carbonyl (C=O) groups excluding carboxylic acids is 2. The molecule has 0 saturated carbocycles. The van der Waals surface area contributed by atoms with Gasteiger partial charge in [-0.3, -0.25) is 19.7 Å². The van der Waals surface area contributed by atoms with Gasteiger partial charge in [-0.1, -0.05) is 18.2 Å². The Balaban J connectivity index is 1.40. The lowest BCUT2D eigenvalue weighted by molar-refractivity contribution is -0.384. The Morgan fingerprint density at radius 3 is 2.63 bits per heavy atom. The highest BCUT2D eigenvalue weighted by Gasteiger charge is 2.43. The third-order valence-electron chi connectivity index (χ3n) is 5.60. The predicted molar refractivity (Wildman–Crippen MR) is 109 cm³/mol. The number of piperazine rings is 1. The summed E-state index contributed by atoms with van der Waals surface area (Å²) in [5.74, 6) is -0.395. The number of hydrazone groups is 1. The maximum atomic E-state index is 13.1. The van der Waals surface area contributed by atoms with Crippen molar-refractivity contribution in [3.8, 4) is 0 Å². The number of fused-ring (bicyclic) bond motifs is 4. The van der Waals surface area contributed by atoms with E-state index >= 15 is 0 Å². The molecule has 2 aliphatic heterocycles. The van der Waals surface area contributed by atoms with Gasteiger partial charge in [-0.25, -0.2) is 5.01 Å². The molecular weight excluding hydrogens is 386 g/mol. The molecule has 5 rings (SSSR count). The summed E-state index contributed by atoms with van der Waals surface area (Å²) in [5.41, 5.74) is 3.61. The smallest absolute Gasteiger partial charge is 0.269 e. The molecule has 0 radical (unpaired) electrons. The average molecular weight is 403 g/mol. The topological polar surface area (TPSA) is 112 Å². The number of para-hydroxylation sites is 1. The number of aromatic amines is 1. The van der Waals surface area contributed by atoms with E-state index < -0.39 is 11.0 Å². The van der Waals surface area contributed by atoms with Gasteiger partial charge >= 0.3 is 0 Å². The minimum absolute atomic E-state index is 0.0243. The summed E-state index contributed by atoms with van der Waals surface area (Å²) in [6.07, 6.45) is 1.87. The molecule has 2 amide bonds. The Bertz CT molecular complexity index is 1210. The molecule has 3 heterocycles. The number of carbonyl (C=O) groups is 2. The van der Waals surface area contributed by atoms with Crippen LogP contribution in [0, 0.1) is 10.1 Å². The van der Waals surface area contributed by atoms with Crippen molar-refractivity contribution < 1.29 is 14.5 Å². The normalized spacial score (nSPS) is 18.7. The van der Waals surface area contributed by atoms with Gasteiger partial charge in [0.25, 0.3) is 11.6 Å². The summed E-state index contributed by atoms with van der Waals surface area (Å²) in [5, 5.41) is 17.2. The number of nitro groups is 1. The highest BCUT2D eigenvalue weighted by atomic mass is 16.6. The van der Waals surface area contributed by atoms with Crippen LogP contribution < -0.4 is 0 Å². The van der Waals surface area contributed by atoms with Gasteiger partial charge in [-0.2, -0.15) is 5.10 Å². The van der Waals surface area contributed by atoms with Crippen LogP contribution in [-0.4, -0.2) is 50.4 Å². The molecular formula is C21H17N5O4. The van der Waals surface area contributed by atoms with Crippen LogP contribution in [0.5, 0.6) is 0 Å². The van der Waals surface area contributed by atoms with Crippen molar-refractivity contribution in [3.05, 3.63) is 75.5 Å². The summed E-state index contributed by atoms with van der Waals surface area (Å²) in [4.78, 5) is 41.0. The molecule has 1 N–H and O–H groups in total. The SMILES string of the molecule is O=C1[C@H]2Cc3c([nH]c4ccccc34)CN2C(=O)CN1/N=C\c1ccc([N+](=O)[O-])cc1. The van der Waals surface area contributed by atoms with E-state index in [0.717, 1.165) is 22.2 Å². The molecule has 0 aliphatic carbocycles. The number of nitrogens with one attached hydrogen (secondary N) is 1. The number of amides is 2. The van der Waals surface area contributed by atoms with Gasteiger partial charge in [0.05, 0.1) is 17.7 Å². The predicted octanol–water partition coefficient (Wildman–Crippen LogP) is 2.21. The van der Waals surface area contributed by atoms with Gasteiger partial charge in [0.15, 0.2) is 0 Å². The molecule has 2 aromatic carbocycles. The van der Waals surface area contributed by atoms with Crippen molar-refractivity contribution in [3.63, 3.8) is 0 Å².